The van der Waals surface area contributed by atoms with Gasteiger partial charge in [0.15, 0.2) is 0 Å². The van der Waals surface area contributed by atoms with Gasteiger partial charge in [0.1, 0.15) is 5.75 Å². The fourth-order valence-corrected chi connectivity index (χ4v) is 2.74. The summed E-state index contributed by atoms with van der Waals surface area (Å²) in [5.74, 6) is 0.258. The maximum Gasteiger partial charge on any atom is 0.324 e. The molecule has 1 saturated heterocycles. The molecule has 0 atom stereocenters. The molecular weight excluding hydrogens is 346 g/mol. The average Bonchev–Trinajstić information content (AvgIpc) is 3.01. The topological polar surface area (TPSA) is 87.7 Å². The standard InChI is InChI=1S/C20H21N3O4/c24-18-13-22-20(26)23(18)14-15-7-4-5-10-17(15)19(25)21-11-6-12-27-16-8-2-1-3-9-16/h1-5,7-10H,6,11-14H2,(H,21,25)(H,22,26). The van der Waals surface area contributed by atoms with Crippen LogP contribution in [0.15, 0.2) is 54.6 Å². The van der Waals surface area contributed by atoms with Crippen LogP contribution in [0.4, 0.5) is 4.79 Å². The minimum absolute atomic E-state index is 0.00535. The number of carbonyl (C=O) groups excluding carboxylic acids is 3. The summed E-state index contributed by atoms with van der Waals surface area (Å²) in [5.41, 5.74) is 1.08. The first-order valence-electron chi connectivity index (χ1n) is 8.77. The molecule has 4 amide bonds. The van der Waals surface area contributed by atoms with Gasteiger partial charge in [-0.05, 0) is 30.2 Å². The Bertz CT molecular complexity index is 807. The second kappa shape index (κ2) is 8.84. The molecule has 0 saturated carbocycles. The molecule has 27 heavy (non-hydrogen) atoms. The van der Waals surface area contributed by atoms with Gasteiger partial charge >= 0.3 is 6.03 Å². The molecule has 0 spiro atoms. The Kier molecular flexibility index (Phi) is 6.04. The van der Waals surface area contributed by atoms with Crippen molar-refractivity contribution in [1.29, 1.82) is 0 Å². The SMILES string of the molecule is O=C(NCCCOc1ccccc1)c1ccccc1CN1C(=O)CNC1=O. The zero-order valence-electron chi connectivity index (χ0n) is 14.8. The van der Waals surface area contributed by atoms with Crippen LogP contribution in [0.25, 0.3) is 0 Å². The lowest BCUT2D eigenvalue weighted by Gasteiger charge is -2.15. The van der Waals surface area contributed by atoms with Crippen LogP contribution in [-0.4, -0.2) is 42.4 Å². The molecule has 0 aliphatic carbocycles. The smallest absolute Gasteiger partial charge is 0.324 e. The maximum atomic E-state index is 12.5. The van der Waals surface area contributed by atoms with E-state index in [9.17, 15) is 14.4 Å². The van der Waals surface area contributed by atoms with Crippen molar-refractivity contribution in [3.63, 3.8) is 0 Å². The van der Waals surface area contributed by atoms with Crippen LogP contribution in [0.1, 0.15) is 22.3 Å². The number of benzene rings is 2. The first-order valence-corrected chi connectivity index (χ1v) is 8.77. The Balaban J connectivity index is 1.51. The van der Waals surface area contributed by atoms with Crippen LogP contribution in [0.3, 0.4) is 0 Å². The molecule has 1 aliphatic rings. The molecule has 7 nitrogen and oxygen atoms in total. The van der Waals surface area contributed by atoms with Gasteiger partial charge in [0, 0.05) is 12.1 Å². The summed E-state index contributed by atoms with van der Waals surface area (Å²) >= 11 is 0. The molecule has 2 aromatic carbocycles. The van der Waals surface area contributed by atoms with Crippen molar-refractivity contribution in [2.45, 2.75) is 13.0 Å². The molecule has 0 radical (unpaired) electrons. The van der Waals surface area contributed by atoms with Crippen molar-refractivity contribution < 1.29 is 19.1 Å². The third-order valence-electron chi connectivity index (χ3n) is 4.15. The Morgan fingerprint density at radius 1 is 1.07 bits per heavy atom. The number of hydrogen-bond acceptors (Lipinski definition) is 4. The predicted molar refractivity (Wildman–Crippen MR) is 99.3 cm³/mol. The molecule has 0 aromatic heterocycles. The van der Waals surface area contributed by atoms with Gasteiger partial charge in [-0.15, -0.1) is 0 Å². The Morgan fingerprint density at radius 3 is 2.56 bits per heavy atom. The summed E-state index contributed by atoms with van der Waals surface area (Å²) in [6, 6.07) is 16.0. The van der Waals surface area contributed by atoms with E-state index in [1.165, 1.54) is 0 Å². The van der Waals surface area contributed by atoms with Crippen molar-refractivity contribution in [1.82, 2.24) is 15.5 Å². The van der Waals surface area contributed by atoms with Gasteiger partial charge in [-0.25, -0.2) is 4.79 Å². The lowest BCUT2D eigenvalue weighted by molar-refractivity contribution is -0.125. The molecule has 0 unspecified atom stereocenters. The molecule has 2 aromatic rings. The molecule has 2 N–H and O–H groups in total. The first-order chi connectivity index (χ1) is 13.1. The summed E-state index contributed by atoms with van der Waals surface area (Å²) in [6.07, 6.45) is 0.663. The lowest BCUT2D eigenvalue weighted by atomic mass is 10.1. The third kappa shape index (κ3) is 4.84. The van der Waals surface area contributed by atoms with Crippen molar-refractivity contribution in [2.24, 2.45) is 0 Å². The van der Waals surface area contributed by atoms with Gasteiger partial charge in [0.2, 0.25) is 5.91 Å². The third-order valence-corrected chi connectivity index (χ3v) is 4.15. The summed E-state index contributed by atoms with van der Waals surface area (Å²) in [5, 5.41) is 5.32. The highest BCUT2D eigenvalue weighted by Gasteiger charge is 2.29. The molecular formula is C20H21N3O4. The summed E-state index contributed by atoms with van der Waals surface area (Å²) in [4.78, 5) is 37.1. The minimum atomic E-state index is -0.437. The zero-order chi connectivity index (χ0) is 19.1. The van der Waals surface area contributed by atoms with Gasteiger partial charge in [-0.1, -0.05) is 36.4 Å². The maximum absolute atomic E-state index is 12.5. The van der Waals surface area contributed by atoms with E-state index in [1.807, 2.05) is 30.3 Å². The quantitative estimate of drug-likeness (QED) is 0.551. The fraction of sp³-hybridized carbons (Fsp3) is 0.250. The van der Waals surface area contributed by atoms with Gasteiger partial charge in [0.05, 0.1) is 19.7 Å². The number of nitrogens with zero attached hydrogens (tertiary/aromatic N) is 1. The number of nitrogens with one attached hydrogen (secondary N) is 2. The van der Waals surface area contributed by atoms with Crippen molar-refractivity contribution in [3.05, 3.63) is 65.7 Å². The van der Waals surface area contributed by atoms with E-state index in [1.54, 1.807) is 24.3 Å². The van der Waals surface area contributed by atoms with Crippen LogP contribution in [-0.2, 0) is 11.3 Å². The summed E-state index contributed by atoms with van der Waals surface area (Å²) in [6.45, 7) is 1.03. The summed E-state index contributed by atoms with van der Waals surface area (Å²) < 4.78 is 5.59. The van der Waals surface area contributed by atoms with Crippen molar-refractivity contribution in [3.8, 4) is 5.75 Å². The molecule has 1 fully saturated rings. The van der Waals surface area contributed by atoms with E-state index < -0.39 is 6.03 Å². The molecule has 140 valence electrons. The van der Waals surface area contributed by atoms with Crippen LogP contribution < -0.4 is 15.4 Å². The summed E-state index contributed by atoms with van der Waals surface area (Å²) in [7, 11) is 0. The number of amides is 4. The van der Waals surface area contributed by atoms with Crippen LogP contribution in [0, 0.1) is 0 Å². The second-order valence-corrected chi connectivity index (χ2v) is 6.07. The fourth-order valence-electron chi connectivity index (χ4n) is 2.74. The van der Waals surface area contributed by atoms with Crippen molar-refractivity contribution >= 4 is 17.8 Å². The molecule has 1 heterocycles. The second-order valence-electron chi connectivity index (χ2n) is 6.07. The number of rotatable bonds is 8. The van der Waals surface area contributed by atoms with E-state index in [-0.39, 0.29) is 24.9 Å². The largest absolute Gasteiger partial charge is 0.494 e. The molecule has 3 rings (SSSR count). The average molecular weight is 367 g/mol. The van der Waals surface area contributed by atoms with Gasteiger partial charge in [-0.3, -0.25) is 14.5 Å². The number of carbonyl (C=O) groups is 3. The van der Waals surface area contributed by atoms with Gasteiger partial charge in [0.25, 0.3) is 5.91 Å². The monoisotopic (exact) mass is 367 g/mol. The highest BCUT2D eigenvalue weighted by atomic mass is 16.5. The predicted octanol–water partition coefficient (Wildman–Crippen LogP) is 1.94. The Morgan fingerprint density at radius 2 is 1.81 bits per heavy atom. The van der Waals surface area contributed by atoms with Gasteiger partial charge in [-0.2, -0.15) is 0 Å². The van der Waals surface area contributed by atoms with E-state index in [0.29, 0.717) is 30.7 Å². The molecule has 0 bridgehead atoms. The molecule has 7 heteroatoms. The Hall–Kier alpha value is -3.35. The van der Waals surface area contributed by atoms with E-state index in [4.69, 9.17) is 4.74 Å². The number of imide groups is 1. The first kappa shape index (κ1) is 18.4. The highest BCUT2D eigenvalue weighted by molar-refractivity contribution is 6.02. The van der Waals surface area contributed by atoms with Crippen LogP contribution in [0.2, 0.25) is 0 Å². The number of ether oxygens (including phenoxy) is 1. The lowest BCUT2D eigenvalue weighted by Crippen LogP contribution is -2.32. The Labute approximate surface area is 157 Å². The number of para-hydroxylation sites is 1. The van der Waals surface area contributed by atoms with Gasteiger partial charge < -0.3 is 15.4 Å². The van der Waals surface area contributed by atoms with E-state index >= 15 is 0 Å². The van der Waals surface area contributed by atoms with Crippen molar-refractivity contribution in [2.75, 3.05) is 19.7 Å². The van der Waals surface area contributed by atoms with E-state index in [2.05, 4.69) is 10.6 Å². The highest BCUT2D eigenvalue weighted by Crippen LogP contribution is 2.14. The zero-order valence-corrected chi connectivity index (χ0v) is 14.8. The normalized spacial score (nSPS) is 13.4. The van der Waals surface area contributed by atoms with Crippen LogP contribution >= 0.6 is 0 Å². The molecule has 1 aliphatic heterocycles. The number of urea groups is 1. The van der Waals surface area contributed by atoms with E-state index in [0.717, 1.165) is 10.6 Å². The van der Waals surface area contributed by atoms with Crippen LogP contribution in [0.5, 0.6) is 5.75 Å². The minimum Gasteiger partial charge on any atom is -0.494 e. The number of hydrogen-bond donors (Lipinski definition) is 2.